The molecule has 0 atom stereocenters. The van der Waals surface area contributed by atoms with Gasteiger partial charge in [0.2, 0.25) is 0 Å². The molecule has 1 heterocycles. The summed E-state index contributed by atoms with van der Waals surface area (Å²) in [6, 6.07) is 11.1. The van der Waals surface area contributed by atoms with Gasteiger partial charge in [-0.2, -0.15) is 0 Å². The highest BCUT2D eigenvalue weighted by molar-refractivity contribution is 6.30. The summed E-state index contributed by atoms with van der Waals surface area (Å²) in [5, 5.41) is 14.8. The van der Waals surface area contributed by atoms with E-state index in [0.717, 1.165) is 24.9 Å². The number of carbonyl (C=O) groups excluding carboxylic acids is 1. The number of nitrogens with zero attached hydrogens (tertiary/aromatic N) is 2. The lowest BCUT2D eigenvalue weighted by atomic mass is 10.1. The Morgan fingerprint density at radius 1 is 1.04 bits per heavy atom. The van der Waals surface area contributed by atoms with Crippen molar-refractivity contribution in [1.29, 1.82) is 0 Å². The standard InChI is InChI=1S/C18H23ClN4O/c1-2-3-4-12-20-17-10-9-16(22-23-17)18(24)21-13-11-14-5-7-15(19)8-6-14/h5-10H,2-4,11-13H2,1H3,(H,20,23)(H,21,24). The number of nitrogens with one attached hydrogen (secondary N) is 2. The van der Waals surface area contributed by atoms with Crippen molar-refractivity contribution in [2.75, 3.05) is 18.4 Å². The minimum Gasteiger partial charge on any atom is -0.369 e. The van der Waals surface area contributed by atoms with Gasteiger partial charge in [-0.1, -0.05) is 43.5 Å². The Hall–Kier alpha value is -2.14. The number of halogens is 1. The number of anilines is 1. The van der Waals surface area contributed by atoms with Crippen LogP contribution in [0.25, 0.3) is 0 Å². The quantitative estimate of drug-likeness (QED) is 0.679. The molecule has 0 saturated heterocycles. The van der Waals surface area contributed by atoms with Gasteiger partial charge in [0.05, 0.1) is 0 Å². The second kappa shape index (κ2) is 9.88. The first-order valence-electron chi connectivity index (χ1n) is 8.29. The molecule has 1 aromatic heterocycles. The van der Waals surface area contributed by atoms with E-state index in [1.54, 1.807) is 12.1 Å². The number of hydrogen-bond acceptors (Lipinski definition) is 4. The number of amides is 1. The molecule has 5 nitrogen and oxygen atoms in total. The first kappa shape index (κ1) is 18.2. The zero-order valence-corrected chi connectivity index (χ0v) is 14.6. The molecule has 0 unspecified atom stereocenters. The van der Waals surface area contributed by atoms with E-state index in [9.17, 15) is 4.79 Å². The van der Waals surface area contributed by atoms with E-state index < -0.39 is 0 Å². The molecule has 0 fully saturated rings. The minimum absolute atomic E-state index is 0.214. The lowest BCUT2D eigenvalue weighted by Crippen LogP contribution is -2.26. The molecule has 1 aromatic carbocycles. The van der Waals surface area contributed by atoms with Crippen molar-refractivity contribution < 1.29 is 4.79 Å². The van der Waals surface area contributed by atoms with E-state index in [4.69, 9.17) is 11.6 Å². The summed E-state index contributed by atoms with van der Waals surface area (Å²) in [5.74, 6) is 0.484. The van der Waals surface area contributed by atoms with Crippen LogP contribution in [0.2, 0.25) is 5.02 Å². The molecule has 0 aliphatic carbocycles. The number of unbranched alkanes of at least 4 members (excludes halogenated alkanes) is 2. The summed E-state index contributed by atoms with van der Waals surface area (Å²) in [6.45, 7) is 3.58. The van der Waals surface area contributed by atoms with Gasteiger partial charge in [-0.3, -0.25) is 4.79 Å². The third-order valence-electron chi connectivity index (χ3n) is 3.60. The summed E-state index contributed by atoms with van der Waals surface area (Å²) >= 11 is 5.85. The molecule has 2 rings (SSSR count). The van der Waals surface area contributed by atoms with Crippen LogP contribution in [0.15, 0.2) is 36.4 Å². The van der Waals surface area contributed by atoms with Crippen LogP contribution < -0.4 is 10.6 Å². The minimum atomic E-state index is -0.214. The van der Waals surface area contributed by atoms with Crippen LogP contribution in [-0.2, 0) is 6.42 Å². The summed E-state index contributed by atoms with van der Waals surface area (Å²) in [5.41, 5.74) is 1.45. The van der Waals surface area contributed by atoms with Crippen molar-refractivity contribution in [2.45, 2.75) is 32.6 Å². The molecule has 6 heteroatoms. The van der Waals surface area contributed by atoms with E-state index in [-0.39, 0.29) is 5.91 Å². The zero-order valence-electron chi connectivity index (χ0n) is 13.9. The highest BCUT2D eigenvalue weighted by Crippen LogP contribution is 2.09. The second-order valence-corrected chi connectivity index (χ2v) is 6.01. The van der Waals surface area contributed by atoms with Crippen LogP contribution in [0.5, 0.6) is 0 Å². The van der Waals surface area contributed by atoms with Crippen LogP contribution in [0.3, 0.4) is 0 Å². The van der Waals surface area contributed by atoms with Crippen molar-refractivity contribution >= 4 is 23.3 Å². The molecule has 0 aliphatic rings. The molecule has 0 bridgehead atoms. The van der Waals surface area contributed by atoms with Crippen molar-refractivity contribution in [2.24, 2.45) is 0 Å². The zero-order chi connectivity index (χ0) is 17.2. The van der Waals surface area contributed by atoms with Crippen molar-refractivity contribution in [3.8, 4) is 0 Å². The molecule has 24 heavy (non-hydrogen) atoms. The fraction of sp³-hybridized carbons (Fsp3) is 0.389. The molecule has 2 aromatic rings. The molecule has 0 saturated carbocycles. The predicted octanol–water partition coefficient (Wildman–Crippen LogP) is 3.70. The van der Waals surface area contributed by atoms with Crippen molar-refractivity contribution in [1.82, 2.24) is 15.5 Å². The van der Waals surface area contributed by atoms with Crippen LogP contribution in [0, 0.1) is 0 Å². The first-order chi connectivity index (χ1) is 11.7. The lowest BCUT2D eigenvalue weighted by Gasteiger charge is -2.06. The van der Waals surface area contributed by atoms with E-state index >= 15 is 0 Å². The monoisotopic (exact) mass is 346 g/mol. The van der Waals surface area contributed by atoms with Crippen molar-refractivity contribution in [3.63, 3.8) is 0 Å². The second-order valence-electron chi connectivity index (χ2n) is 5.57. The van der Waals surface area contributed by atoms with Gasteiger partial charge in [0.15, 0.2) is 5.69 Å². The van der Waals surface area contributed by atoms with Gasteiger partial charge in [0.25, 0.3) is 5.91 Å². The third-order valence-corrected chi connectivity index (χ3v) is 3.85. The van der Waals surface area contributed by atoms with Gasteiger partial charge in [-0.15, -0.1) is 10.2 Å². The van der Waals surface area contributed by atoms with Gasteiger partial charge in [0, 0.05) is 18.1 Å². The number of rotatable bonds is 9. The Kier molecular flexibility index (Phi) is 7.49. The number of benzene rings is 1. The van der Waals surface area contributed by atoms with Gasteiger partial charge in [-0.05, 0) is 42.7 Å². The first-order valence-corrected chi connectivity index (χ1v) is 8.67. The van der Waals surface area contributed by atoms with Gasteiger partial charge < -0.3 is 10.6 Å². The Morgan fingerprint density at radius 3 is 2.50 bits per heavy atom. The molecule has 128 valence electrons. The van der Waals surface area contributed by atoms with Gasteiger partial charge >= 0.3 is 0 Å². The number of aromatic nitrogens is 2. The van der Waals surface area contributed by atoms with Gasteiger partial charge in [0.1, 0.15) is 5.82 Å². The van der Waals surface area contributed by atoms with E-state index in [1.165, 1.54) is 12.8 Å². The predicted molar refractivity (Wildman–Crippen MR) is 97.5 cm³/mol. The summed E-state index contributed by atoms with van der Waals surface area (Å²) < 4.78 is 0. The summed E-state index contributed by atoms with van der Waals surface area (Å²) in [4.78, 5) is 12.0. The maximum atomic E-state index is 12.0. The maximum absolute atomic E-state index is 12.0. The van der Waals surface area contributed by atoms with Crippen molar-refractivity contribution in [3.05, 3.63) is 52.7 Å². The maximum Gasteiger partial charge on any atom is 0.271 e. The topological polar surface area (TPSA) is 66.9 Å². The summed E-state index contributed by atoms with van der Waals surface area (Å²) in [6.07, 6.45) is 4.22. The Balaban J connectivity index is 1.74. The smallest absolute Gasteiger partial charge is 0.271 e. The Bertz CT molecular complexity index is 628. The average Bonchev–Trinajstić information content (AvgIpc) is 2.61. The molecular formula is C18H23ClN4O. The number of hydrogen-bond donors (Lipinski definition) is 2. The highest BCUT2D eigenvalue weighted by atomic mass is 35.5. The third kappa shape index (κ3) is 6.16. The van der Waals surface area contributed by atoms with Crippen LogP contribution in [-0.4, -0.2) is 29.2 Å². The molecule has 1 amide bonds. The van der Waals surface area contributed by atoms with Crippen LogP contribution in [0.1, 0.15) is 42.2 Å². The van der Waals surface area contributed by atoms with E-state index in [0.29, 0.717) is 23.1 Å². The fourth-order valence-corrected chi connectivity index (χ4v) is 2.33. The van der Waals surface area contributed by atoms with E-state index in [1.807, 2.05) is 24.3 Å². The van der Waals surface area contributed by atoms with Crippen LogP contribution >= 0.6 is 11.6 Å². The molecule has 0 aliphatic heterocycles. The normalized spacial score (nSPS) is 10.4. The lowest BCUT2D eigenvalue weighted by molar-refractivity contribution is 0.0948. The molecular weight excluding hydrogens is 324 g/mol. The molecule has 2 N–H and O–H groups in total. The van der Waals surface area contributed by atoms with Gasteiger partial charge in [-0.25, -0.2) is 0 Å². The SMILES string of the molecule is CCCCCNc1ccc(C(=O)NCCc2ccc(Cl)cc2)nn1. The van der Waals surface area contributed by atoms with Crippen LogP contribution in [0.4, 0.5) is 5.82 Å². The van der Waals surface area contributed by atoms with E-state index in [2.05, 4.69) is 27.8 Å². The summed E-state index contributed by atoms with van der Waals surface area (Å²) in [7, 11) is 0. The largest absolute Gasteiger partial charge is 0.369 e. The Morgan fingerprint density at radius 2 is 1.83 bits per heavy atom. The molecule has 0 radical (unpaired) electrons. The fourth-order valence-electron chi connectivity index (χ4n) is 2.20. The average molecular weight is 347 g/mol. The highest BCUT2D eigenvalue weighted by Gasteiger charge is 2.07. The molecule has 0 spiro atoms. The number of carbonyl (C=O) groups is 1. The Labute approximate surface area is 147 Å².